The van der Waals surface area contributed by atoms with Gasteiger partial charge in [-0.2, -0.15) is 0 Å². The summed E-state index contributed by atoms with van der Waals surface area (Å²) in [5.41, 5.74) is 2.74. The minimum absolute atomic E-state index is 0.322. The van der Waals surface area contributed by atoms with Gasteiger partial charge in [0.15, 0.2) is 0 Å². The lowest BCUT2D eigenvalue weighted by molar-refractivity contribution is 0.475. The van der Waals surface area contributed by atoms with Crippen molar-refractivity contribution in [3.63, 3.8) is 0 Å². The molecule has 0 amide bonds. The summed E-state index contributed by atoms with van der Waals surface area (Å²) >= 11 is 0. The molecule has 74 valence electrons. The van der Waals surface area contributed by atoms with Crippen LogP contribution in [0.25, 0.3) is 12.2 Å². The summed E-state index contributed by atoms with van der Waals surface area (Å²) in [7, 11) is 0. The van der Waals surface area contributed by atoms with Crippen LogP contribution in [0.1, 0.15) is 11.1 Å². The Morgan fingerprint density at radius 2 is 1.07 bits per heavy atom. The van der Waals surface area contributed by atoms with E-state index in [1.165, 1.54) is 11.1 Å². The number of phenols is 1. The van der Waals surface area contributed by atoms with Crippen molar-refractivity contribution in [2.75, 3.05) is 0 Å². The van der Waals surface area contributed by atoms with E-state index in [1.54, 1.807) is 24.3 Å². The van der Waals surface area contributed by atoms with Gasteiger partial charge in [0.25, 0.3) is 0 Å². The average molecular weight is 196 g/mol. The summed E-state index contributed by atoms with van der Waals surface area (Å²) in [5.74, 6) is 0.322. The number of aromatic hydroxyl groups is 1. The SMILES string of the molecule is C1=Cc2ccccc21.Oc1ccccc1. The highest BCUT2D eigenvalue weighted by atomic mass is 16.3. The van der Waals surface area contributed by atoms with Gasteiger partial charge in [0.2, 0.25) is 0 Å². The first-order valence-corrected chi connectivity index (χ1v) is 4.87. The van der Waals surface area contributed by atoms with E-state index < -0.39 is 0 Å². The van der Waals surface area contributed by atoms with E-state index in [9.17, 15) is 0 Å². The largest absolute Gasteiger partial charge is 0.508 e. The standard InChI is InChI=1S/C8H6.C6H6O/c1-2-4-8-6-5-7(8)3-1;7-6-4-2-1-3-5-6/h1-6H;1-5,7H. The predicted octanol–water partition coefficient (Wildman–Crippen LogP) is 3.56. The van der Waals surface area contributed by atoms with Crippen LogP contribution in [-0.2, 0) is 0 Å². The first-order valence-electron chi connectivity index (χ1n) is 4.87. The lowest BCUT2D eigenvalue weighted by atomic mass is 9.99. The molecule has 0 spiro atoms. The number of rotatable bonds is 0. The second kappa shape index (κ2) is 4.47. The molecule has 1 nitrogen and oxygen atoms in total. The van der Waals surface area contributed by atoms with Crippen molar-refractivity contribution in [1.82, 2.24) is 0 Å². The summed E-state index contributed by atoms with van der Waals surface area (Å²) in [4.78, 5) is 0. The topological polar surface area (TPSA) is 20.2 Å². The number of benzene rings is 2. The molecule has 0 radical (unpaired) electrons. The van der Waals surface area contributed by atoms with Crippen LogP contribution in [0.4, 0.5) is 0 Å². The van der Waals surface area contributed by atoms with E-state index in [1.807, 2.05) is 6.07 Å². The van der Waals surface area contributed by atoms with E-state index in [-0.39, 0.29) is 0 Å². The molecule has 1 heteroatoms. The number of hydrogen-bond acceptors (Lipinski definition) is 1. The van der Waals surface area contributed by atoms with Crippen LogP contribution >= 0.6 is 0 Å². The maximum Gasteiger partial charge on any atom is 0.115 e. The maximum atomic E-state index is 8.63. The molecular weight excluding hydrogens is 184 g/mol. The molecule has 0 aliphatic heterocycles. The number of hydrogen-bond donors (Lipinski definition) is 1. The lowest BCUT2D eigenvalue weighted by Gasteiger charge is -2.06. The Balaban J connectivity index is 0.000000115. The summed E-state index contributed by atoms with van der Waals surface area (Å²) in [6.45, 7) is 0. The van der Waals surface area contributed by atoms with Crippen molar-refractivity contribution >= 4 is 12.2 Å². The Kier molecular flexibility index (Phi) is 2.84. The summed E-state index contributed by atoms with van der Waals surface area (Å²) in [6, 6.07) is 17.1. The summed E-state index contributed by atoms with van der Waals surface area (Å²) < 4.78 is 0. The third-order valence-corrected chi connectivity index (χ3v) is 2.19. The van der Waals surface area contributed by atoms with Gasteiger partial charge in [-0.05, 0) is 23.3 Å². The van der Waals surface area contributed by atoms with Crippen LogP contribution in [0.2, 0.25) is 0 Å². The highest BCUT2D eigenvalue weighted by Gasteiger charge is 1.99. The van der Waals surface area contributed by atoms with Gasteiger partial charge in [0, 0.05) is 0 Å². The van der Waals surface area contributed by atoms with E-state index in [0.29, 0.717) is 5.75 Å². The van der Waals surface area contributed by atoms with Gasteiger partial charge in [-0.3, -0.25) is 0 Å². The average Bonchev–Trinajstić information content (AvgIpc) is 2.22. The van der Waals surface area contributed by atoms with Crippen molar-refractivity contribution < 1.29 is 5.11 Å². The Labute approximate surface area is 89.3 Å². The van der Waals surface area contributed by atoms with Crippen molar-refractivity contribution in [2.45, 2.75) is 0 Å². The first kappa shape index (κ1) is 9.53. The molecule has 0 atom stereocenters. The van der Waals surface area contributed by atoms with Crippen molar-refractivity contribution in [3.8, 4) is 5.75 Å². The smallest absolute Gasteiger partial charge is 0.115 e. The monoisotopic (exact) mass is 196 g/mol. The fraction of sp³-hybridized carbons (Fsp3) is 0. The highest BCUT2D eigenvalue weighted by molar-refractivity contribution is 5.85. The first-order chi connectivity index (χ1) is 7.36. The zero-order valence-electron chi connectivity index (χ0n) is 8.30. The van der Waals surface area contributed by atoms with Crippen LogP contribution in [0.15, 0.2) is 54.6 Å². The van der Waals surface area contributed by atoms with Crippen molar-refractivity contribution in [2.24, 2.45) is 0 Å². The zero-order valence-corrected chi connectivity index (χ0v) is 8.30. The molecule has 1 N–H and O–H groups in total. The van der Waals surface area contributed by atoms with Crippen LogP contribution in [0.3, 0.4) is 0 Å². The van der Waals surface area contributed by atoms with Crippen LogP contribution in [-0.4, -0.2) is 5.11 Å². The molecule has 0 heterocycles. The molecule has 2 aromatic carbocycles. The molecule has 0 bridgehead atoms. The number of para-hydroxylation sites is 1. The molecule has 0 unspecified atom stereocenters. The van der Waals surface area contributed by atoms with Gasteiger partial charge in [-0.1, -0.05) is 54.6 Å². The second-order valence-electron chi connectivity index (χ2n) is 3.30. The van der Waals surface area contributed by atoms with Gasteiger partial charge in [-0.15, -0.1) is 0 Å². The van der Waals surface area contributed by atoms with Crippen LogP contribution in [0, 0.1) is 0 Å². The van der Waals surface area contributed by atoms with Gasteiger partial charge in [0.1, 0.15) is 5.75 Å². The Bertz CT molecular complexity index is 433. The Morgan fingerprint density at radius 1 is 0.600 bits per heavy atom. The minimum atomic E-state index is 0.322. The number of fused-ring (bicyclic) bond motifs is 1. The van der Waals surface area contributed by atoms with Crippen molar-refractivity contribution in [3.05, 3.63) is 65.7 Å². The minimum Gasteiger partial charge on any atom is -0.508 e. The molecule has 1 aliphatic carbocycles. The van der Waals surface area contributed by atoms with Gasteiger partial charge in [-0.25, -0.2) is 0 Å². The predicted molar refractivity (Wildman–Crippen MR) is 63.5 cm³/mol. The summed E-state index contributed by atoms with van der Waals surface area (Å²) in [6.07, 6.45) is 4.24. The second-order valence-corrected chi connectivity index (χ2v) is 3.30. The Hall–Kier alpha value is -2.02. The van der Waals surface area contributed by atoms with Gasteiger partial charge in [0.05, 0.1) is 0 Å². The van der Waals surface area contributed by atoms with Crippen LogP contribution in [0.5, 0.6) is 5.75 Å². The highest BCUT2D eigenvalue weighted by Crippen LogP contribution is 2.21. The fourth-order valence-electron chi connectivity index (χ4n) is 1.33. The maximum absolute atomic E-state index is 8.63. The van der Waals surface area contributed by atoms with Crippen LogP contribution < -0.4 is 0 Å². The molecule has 0 saturated heterocycles. The molecule has 2 aromatic rings. The van der Waals surface area contributed by atoms with Gasteiger partial charge >= 0.3 is 0 Å². The molecule has 0 saturated carbocycles. The fourth-order valence-corrected chi connectivity index (χ4v) is 1.33. The van der Waals surface area contributed by atoms with E-state index in [0.717, 1.165) is 0 Å². The third kappa shape index (κ3) is 2.47. The van der Waals surface area contributed by atoms with E-state index >= 15 is 0 Å². The summed E-state index contributed by atoms with van der Waals surface area (Å²) in [5, 5.41) is 8.63. The normalized spacial score (nSPS) is 10.7. The molecule has 15 heavy (non-hydrogen) atoms. The quantitative estimate of drug-likeness (QED) is 0.582. The Morgan fingerprint density at radius 3 is 1.33 bits per heavy atom. The number of phenolic OH excluding ortho intramolecular Hbond substituents is 1. The molecule has 1 aliphatic rings. The molecule has 0 fully saturated rings. The lowest BCUT2D eigenvalue weighted by Crippen LogP contribution is -1.85. The zero-order chi connectivity index (χ0) is 10.5. The van der Waals surface area contributed by atoms with E-state index in [2.05, 4.69) is 36.4 Å². The van der Waals surface area contributed by atoms with E-state index in [4.69, 9.17) is 5.11 Å². The molecule has 3 rings (SSSR count). The van der Waals surface area contributed by atoms with Gasteiger partial charge < -0.3 is 5.11 Å². The third-order valence-electron chi connectivity index (χ3n) is 2.19. The molecule has 0 aromatic heterocycles. The van der Waals surface area contributed by atoms with Crippen molar-refractivity contribution in [1.29, 1.82) is 0 Å². The molecular formula is C14H12O.